The van der Waals surface area contributed by atoms with Gasteiger partial charge in [0.1, 0.15) is 0 Å². The molecule has 18 heavy (non-hydrogen) atoms. The van der Waals surface area contributed by atoms with E-state index in [0.29, 0.717) is 12.0 Å². The van der Waals surface area contributed by atoms with Crippen LogP contribution in [0.2, 0.25) is 0 Å². The SMILES string of the molecule is N#C/C(=C\Nc1ccccc1)Cc1cccnc1. The number of anilines is 1. The van der Waals surface area contributed by atoms with Crippen LogP contribution in [-0.2, 0) is 6.42 Å². The van der Waals surface area contributed by atoms with Crippen molar-refractivity contribution in [2.45, 2.75) is 6.42 Å². The number of para-hydroxylation sites is 1. The number of nitrogens with one attached hydrogen (secondary N) is 1. The summed E-state index contributed by atoms with van der Waals surface area (Å²) >= 11 is 0. The van der Waals surface area contributed by atoms with Crippen LogP contribution in [0.25, 0.3) is 0 Å². The second-order valence-electron chi connectivity index (χ2n) is 3.83. The van der Waals surface area contributed by atoms with Gasteiger partial charge in [-0.15, -0.1) is 0 Å². The van der Waals surface area contributed by atoms with Crippen LogP contribution in [-0.4, -0.2) is 4.98 Å². The van der Waals surface area contributed by atoms with Crippen molar-refractivity contribution in [2.75, 3.05) is 5.32 Å². The van der Waals surface area contributed by atoms with E-state index in [1.807, 2.05) is 42.5 Å². The fraction of sp³-hybridized carbons (Fsp3) is 0.0667. The molecule has 2 aromatic rings. The molecule has 1 aromatic heterocycles. The highest BCUT2D eigenvalue weighted by molar-refractivity contribution is 5.47. The normalized spacial score (nSPS) is 10.7. The van der Waals surface area contributed by atoms with Gasteiger partial charge in [0.15, 0.2) is 0 Å². The third-order valence-corrected chi connectivity index (χ3v) is 2.45. The lowest BCUT2D eigenvalue weighted by atomic mass is 10.1. The van der Waals surface area contributed by atoms with E-state index in [0.717, 1.165) is 11.3 Å². The molecule has 0 bridgehead atoms. The molecule has 0 fully saturated rings. The second-order valence-corrected chi connectivity index (χ2v) is 3.83. The molecule has 88 valence electrons. The average molecular weight is 235 g/mol. The van der Waals surface area contributed by atoms with Gasteiger partial charge in [-0.2, -0.15) is 5.26 Å². The molecule has 0 amide bonds. The summed E-state index contributed by atoms with van der Waals surface area (Å²) < 4.78 is 0. The van der Waals surface area contributed by atoms with Gasteiger partial charge in [-0.1, -0.05) is 24.3 Å². The molecule has 1 N–H and O–H groups in total. The first-order valence-corrected chi connectivity index (χ1v) is 5.68. The van der Waals surface area contributed by atoms with E-state index in [-0.39, 0.29) is 0 Å². The second kappa shape index (κ2) is 6.21. The number of allylic oxidation sites excluding steroid dienone is 1. The largest absolute Gasteiger partial charge is 0.361 e. The summed E-state index contributed by atoms with van der Waals surface area (Å²) in [4.78, 5) is 4.03. The number of hydrogen-bond acceptors (Lipinski definition) is 3. The molecule has 0 aliphatic heterocycles. The topological polar surface area (TPSA) is 48.7 Å². The highest BCUT2D eigenvalue weighted by Crippen LogP contribution is 2.09. The Morgan fingerprint density at radius 2 is 2.06 bits per heavy atom. The van der Waals surface area contributed by atoms with Crippen LogP contribution in [0.5, 0.6) is 0 Å². The molecule has 0 aliphatic rings. The van der Waals surface area contributed by atoms with Gasteiger partial charge < -0.3 is 5.32 Å². The predicted molar refractivity (Wildman–Crippen MR) is 71.7 cm³/mol. The van der Waals surface area contributed by atoms with Crippen LogP contribution < -0.4 is 5.32 Å². The molecule has 1 aromatic carbocycles. The highest BCUT2D eigenvalue weighted by Gasteiger charge is 1.98. The van der Waals surface area contributed by atoms with Gasteiger partial charge in [0.2, 0.25) is 0 Å². The zero-order valence-corrected chi connectivity index (χ0v) is 9.88. The molecule has 3 nitrogen and oxygen atoms in total. The Morgan fingerprint density at radius 1 is 1.22 bits per heavy atom. The predicted octanol–water partition coefficient (Wildman–Crippen LogP) is 3.14. The van der Waals surface area contributed by atoms with E-state index in [1.54, 1.807) is 18.6 Å². The van der Waals surface area contributed by atoms with Gasteiger partial charge in [-0.25, -0.2) is 0 Å². The number of nitriles is 1. The summed E-state index contributed by atoms with van der Waals surface area (Å²) in [7, 11) is 0. The van der Waals surface area contributed by atoms with E-state index >= 15 is 0 Å². The lowest BCUT2D eigenvalue weighted by molar-refractivity contribution is 1.14. The minimum atomic E-state index is 0.587. The molecular weight excluding hydrogens is 222 g/mol. The van der Waals surface area contributed by atoms with Crippen LogP contribution in [0.4, 0.5) is 5.69 Å². The number of hydrogen-bond donors (Lipinski definition) is 1. The van der Waals surface area contributed by atoms with Gasteiger partial charge in [0, 0.05) is 36.3 Å². The van der Waals surface area contributed by atoms with Crippen molar-refractivity contribution < 1.29 is 0 Å². The van der Waals surface area contributed by atoms with Crippen LogP contribution in [0.3, 0.4) is 0 Å². The molecular formula is C15H13N3. The molecule has 0 unspecified atom stereocenters. The van der Waals surface area contributed by atoms with Gasteiger partial charge in [0.05, 0.1) is 6.07 Å². The first kappa shape index (κ1) is 11.9. The van der Waals surface area contributed by atoms with Crippen molar-refractivity contribution in [3.05, 3.63) is 72.2 Å². The summed E-state index contributed by atoms with van der Waals surface area (Å²) in [6, 6.07) is 15.8. The zero-order chi connectivity index (χ0) is 12.6. The zero-order valence-electron chi connectivity index (χ0n) is 9.88. The maximum atomic E-state index is 9.09. The van der Waals surface area contributed by atoms with Crippen LogP contribution in [0, 0.1) is 11.3 Å². The van der Waals surface area contributed by atoms with E-state index < -0.39 is 0 Å². The molecule has 0 spiro atoms. The van der Waals surface area contributed by atoms with E-state index in [4.69, 9.17) is 5.26 Å². The molecule has 0 atom stereocenters. The lowest BCUT2D eigenvalue weighted by Gasteiger charge is -2.02. The van der Waals surface area contributed by atoms with E-state index in [1.165, 1.54) is 0 Å². The van der Waals surface area contributed by atoms with Gasteiger partial charge in [0.25, 0.3) is 0 Å². The maximum absolute atomic E-state index is 9.09. The quantitative estimate of drug-likeness (QED) is 0.828. The Balaban J connectivity index is 2.04. The minimum absolute atomic E-state index is 0.587. The lowest BCUT2D eigenvalue weighted by Crippen LogP contribution is -1.94. The van der Waals surface area contributed by atoms with Crippen molar-refractivity contribution in [3.63, 3.8) is 0 Å². The molecule has 0 aliphatic carbocycles. The first-order chi connectivity index (χ1) is 8.88. The van der Waals surface area contributed by atoms with Gasteiger partial charge in [-0.05, 0) is 23.8 Å². The van der Waals surface area contributed by atoms with Gasteiger partial charge >= 0.3 is 0 Å². The number of benzene rings is 1. The number of pyridine rings is 1. The Labute approximate surface area is 106 Å². The first-order valence-electron chi connectivity index (χ1n) is 5.68. The molecule has 0 saturated heterocycles. The van der Waals surface area contributed by atoms with Crippen molar-refractivity contribution >= 4 is 5.69 Å². The summed E-state index contributed by atoms with van der Waals surface area (Å²) in [6.07, 6.45) is 5.82. The summed E-state index contributed by atoms with van der Waals surface area (Å²) in [5.41, 5.74) is 2.67. The van der Waals surface area contributed by atoms with Crippen molar-refractivity contribution in [2.24, 2.45) is 0 Å². The summed E-state index contributed by atoms with van der Waals surface area (Å²) in [6.45, 7) is 0. The van der Waals surface area contributed by atoms with Crippen LogP contribution >= 0.6 is 0 Å². The fourth-order valence-corrected chi connectivity index (χ4v) is 1.55. The third-order valence-electron chi connectivity index (χ3n) is 2.45. The van der Waals surface area contributed by atoms with E-state index in [9.17, 15) is 0 Å². The van der Waals surface area contributed by atoms with Crippen LogP contribution in [0.15, 0.2) is 66.6 Å². The van der Waals surface area contributed by atoms with Crippen molar-refractivity contribution in [3.8, 4) is 6.07 Å². The maximum Gasteiger partial charge on any atom is 0.0965 e. The molecule has 0 radical (unpaired) electrons. The van der Waals surface area contributed by atoms with Crippen molar-refractivity contribution in [1.82, 2.24) is 4.98 Å². The summed E-state index contributed by atoms with van der Waals surface area (Å²) in [5.74, 6) is 0. The summed E-state index contributed by atoms with van der Waals surface area (Å²) in [5, 5.41) is 12.2. The monoisotopic (exact) mass is 235 g/mol. The molecule has 2 rings (SSSR count). The molecule has 1 heterocycles. The number of rotatable bonds is 4. The minimum Gasteiger partial charge on any atom is -0.361 e. The van der Waals surface area contributed by atoms with Crippen molar-refractivity contribution in [1.29, 1.82) is 5.26 Å². The number of nitrogens with zero attached hydrogens (tertiary/aromatic N) is 2. The Kier molecular flexibility index (Phi) is 4.10. The Bertz CT molecular complexity index is 553. The van der Waals surface area contributed by atoms with Gasteiger partial charge in [-0.3, -0.25) is 4.98 Å². The number of aromatic nitrogens is 1. The smallest absolute Gasteiger partial charge is 0.0965 e. The fourth-order valence-electron chi connectivity index (χ4n) is 1.55. The van der Waals surface area contributed by atoms with Crippen LogP contribution in [0.1, 0.15) is 5.56 Å². The Morgan fingerprint density at radius 3 is 2.72 bits per heavy atom. The third kappa shape index (κ3) is 3.46. The highest BCUT2D eigenvalue weighted by atomic mass is 14.8. The average Bonchev–Trinajstić information content (AvgIpc) is 2.45. The van der Waals surface area contributed by atoms with E-state index in [2.05, 4.69) is 16.4 Å². The standard InChI is InChI=1S/C15H13N3/c16-10-14(9-13-5-4-8-17-11-13)12-18-15-6-2-1-3-7-15/h1-8,11-12,18H,9H2/b14-12-. The molecule has 3 heteroatoms. The Hall–Kier alpha value is -2.60. The molecule has 0 saturated carbocycles.